The number of likely N-dealkylation sites (tertiary alicyclic amines) is 1. The summed E-state index contributed by atoms with van der Waals surface area (Å²) in [6, 6.07) is 17.8. The molecule has 1 atom stereocenters. The van der Waals surface area contributed by atoms with Crippen LogP contribution in [0.5, 0.6) is 0 Å². The smallest absolute Gasteiger partial charge is 0.141 e. The van der Waals surface area contributed by atoms with Crippen molar-refractivity contribution in [1.82, 2.24) is 4.90 Å². The number of nitrogens with zero attached hydrogens (tertiary/aromatic N) is 3. The minimum absolute atomic E-state index is 0.105. The molecule has 4 nitrogen and oxygen atoms in total. The van der Waals surface area contributed by atoms with E-state index in [-0.39, 0.29) is 5.02 Å². The highest BCUT2D eigenvalue weighted by Gasteiger charge is 2.32. The Morgan fingerprint density at radius 1 is 1.17 bits per heavy atom. The number of halogens is 2. The summed E-state index contributed by atoms with van der Waals surface area (Å²) in [5.74, 6) is 0.390. The van der Waals surface area contributed by atoms with Gasteiger partial charge < -0.3 is 10.2 Å². The van der Waals surface area contributed by atoms with E-state index in [1.54, 1.807) is 23.5 Å². The lowest BCUT2D eigenvalue weighted by molar-refractivity contribution is 0.325. The molecule has 1 N–H and O–H groups in total. The summed E-state index contributed by atoms with van der Waals surface area (Å²) in [6.07, 6.45) is 1.13. The van der Waals surface area contributed by atoms with Gasteiger partial charge >= 0.3 is 0 Å². The molecule has 154 valence electrons. The third kappa shape index (κ3) is 3.95. The first-order valence-electron chi connectivity index (χ1n) is 10.0. The molecule has 0 radical (unpaired) electrons. The second kappa shape index (κ2) is 8.38. The Kier molecular flexibility index (Phi) is 5.46. The van der Waals surface area contributed by atoms with E-state index in [0.717, 1.165) is 43.1 Å². The van der Waals surface area contributed by atoms with Crippen molar-refractivity contribution in [2.45, 2.75) is 19.0 Å². The van der Waals surface area contributed by atoms with Crippen LogP contribution in [-0.2, 0) is 6.54 Å². The van der Waals surface area contributed by atoms with Gasteiger partial charge in [0.2, 0.25) is 0 Å². The fourth-order valence-corrected chi connectivity index (χ4v) is 5.30. The fraction of sp³-hybridized carbons (Fsp3) is 0.261. The summed E-state index contributed by atoms with van der Waals surface area (Å²) in [7, 11) is 0. The van der Waals surface area contributed by atoms with Gasteiger partial charge in [0.15, 0.2) is 0 Å². The lowest BCUT2D eigenvalue weighted by Gasteiger charge is -2.33. The average molecular weight is 441 g/mol. The van der Waals surface area contributed by atoms with E-state index in [1.807, 2.05) is 0 Å². The highest BCUT2D eigenvalue weighted by atomic mass is 35.5. The summed E-state index contributed by atoms with van der Waals surface area (Å²) in [4.78, 5) is 9.75. The quantitative estimate of drug-likeness (QED) is 0.585. The molecule has 0 spiro atoms. The van der Waals surface area contributed by atoms with Crippen LogP contribution in [0.3, 0.4) is 0 Å². The Labute approximate surface area is 184 Å². The number of hydrogen-bond acceptors (Lipinski definition) is 5. The molecule has 2 aromatic carbocycles. The largest absolute Gasteiger partial charge is 0.340 e. The minimum atomic E-state index is -0.420. The van der Waals surface area contributed by atoms with Gasteiger partial charge in [-0.1, -0.05) is 41.9 Å². The van der Waals surface area contributed by atoms with E-state index in [4.69, 9.17) is 16.6 Å². The number of rotatable bonds is 4. The van der Waals surface area contributed by atoms with Crippen molar-refractivity contribution in [3.63, 3.8) is 0 Å². The van der Waals surface area contributed by atoms with Crippen molar-refractivity contribution in [2.24, 2.45) is 4.99 Å². The molecule has 0 saturated carbocycles. The Balaban J connectivity index is 1.29. The van der Waals surface area contributed by atoms with Gasteiger partial charge in [0, 0.05) is 31.4 Å². The maximum absolute atomic E-state index is 13.5. The number of nitrogens with one attached hydrogen (secondary N) is 1. The molecular weight excluding hydrogens is 419 g/mol. The first-order chi connectivity index (χ1) is 14.7. The Morgan fingerprint density at radius 2 is 2.03 bits per heavy atom. The lowest BCUT2D eigenvalue weighted by atomic mass is 10.1. The van der Waals surface area contributed by atoms with Crippen LogP contribution >= 0.6 is 22.9 Å². The molecule has 0 bridgehead atoms. The van der Waals surface area contributed by atoms with Gasteiger partial charge in [0.1, 0.15) is 23.3 Å². The third-order valence-electron chi connectivity index (χ3n) is 5.66. The molecule has 0 aliphatic carbocycles. The number of hydrogen-bond donors (Lipinski definition) is 1. The molecule has 3 heterocycles. The minimum Gasteiger partial charge on any atom is -0.340 e. The molecule has 1 fully saturated rings. The van der Waals surface area contributed by atoms with E-state index in [2.05, 4.69) is 56.9 Å². The molecule has 0 amide bonds. The van der Waals surface area contributed by atoms with E-state index in [9.17, 15) is 4.39 Å². The summed E-state index contributed by atoms with van der Waals surface area (Å²) in [5, 5.41) is 6.77. The number of benzene rings is 2. The van der Waals surface area contributed by atoms with Gasteiger partial charge in [-0.25, -0.2) is 9.38 Å². The summed E-state index contributed by atoms with van der Waals surface area (Å²) >= 11 is 7.67. The van der Waals surface area contributed by atoms with Crippen molar-refractivity contribution in [1.29, 1.82) is 0 Å². The maximum atomic E-state index is 13.5. The lowest BCUT2D eigenvalue weighted by Crippen LogP contribution is -2.41. The monoisotopic (exact) mass is 440 g/mol. The number of amidine groups is 1. The number of fused-ring (bicyclic) bond motifs is 1. The predicted molar refractivity (Wildman–Crippen MR) is 123 cm³/mol. The first-order valence-corrected chi connectivity index (χ1v) is 11.3. The number of aliphatic imine (C=N–C) groups is 1. The highest BCUT2D eigenvalue weighted by molar-refractivity contribution is 7.14. The first kappa shape index (κ1) is 19.5. The maximum Gasteiger partial charge on any atom is 0.141 e. The highest BCUT2D eigenvalue weighted by Crippen LogP contribution is 2.35. The molecule has 1 unspecified atom stereocenters. The summed E-state index contributed by atoms with van der Waals surface area (Å²) < 4.78 is 13.5. The zero-order chi connectivity index (χ0) is 20.5. The van der Waals surface area contributed by atoms with E-state index in [1.165, 1.54) is 16.6 Å². The van der Waals surface area contributed by atoms with Crippen LogP contribution in [0.4, 0.5) is 15.1 Å². The van der Waals surface area contributed by atoms with Crippen molar-refractivity contribution in [3.8, 4) is 0 Å². The topological polar surface area (TPSA) is 30.9 Å². The van der Waals surface area contributed by atoms with Crippen LogP contribution in [0.15, 0.2) is 65.0 Å². The standard InChI is InChI=1S/C23H22ClFN4S/c24-20-12-17(6-7-21(20)25)27-22-19-9-11-30-23(19)29(15-26-22)18-8-10-28(14-18)13-16-4-2-1-3-5-16/h1-7,9,11-12,18H,8,10,13-15H2,(H,26,27). The average Bonchev–Trinajstić information content (AvgIpc) is 3.42. The second-order valence-electron chi connectivity index (χ2n) is 7.67. The molecule has 5 rings (SSSR count). The van der Waals surface area contributed by atoms with Crippen molar-refractivity contribution in [2.75, 3.05) is 30.0 Å². The normalized spacial score (nSPS) is 18.9. The van der Waals surface area contributed by atoms with Gasteiger partial charge in [0.05, 0.1) is 10.6 Å². The van der Waals surface area contributed by atoms with Crippen LogP contribution in [0, 0.1) is 5.82 Å². The van der Waals surface area contributed by atoms with Gasteiger partial charge in [-0.15, -0.1) is 11.3 Å². The van der Waals surface area contributed by atoms with Crippen LogP contribution < -0.4 is 10.2 Å². The van der Waals surface area contributed by atoms with Crippen LogP contribution in [0.1, 0.15) is 17.5 Å². The number of anilines is 2. The Hall–Kier alpha value is -2.41. The molecule has 1 saturated heterocycles. The number of thiophene rings is 1. The zero-order valence-corrected chi connectivity index (χ0v) is 18.0. The second-order valence-corrected chi connectivity index (χ2v) is 8.98. The van der Waals surface area contributed by atoms with Crippen molar-refractivity contribution in [3.05, 3.63) is 81.9 Å². The van der Waals surface area contributed by atoms with Crippen LogP contribution in [-0.4, -0.2) is 36.5 Å². The van der Waals surface area contributed by atoms with Crippen LogP contribution in [0.25, 0.3) is 0 Å². The van der Waals surface area contributed by atoms with Gasteiger partial charge in [0.25, 0.3) is 0 Å². The molecule has 30 heavy (non-hydrogen) atoms. The van der Waals surface area contributed by atoms with Crippen molar-refractivity contribution < 1.29 is 4.39 Å². The fourth-order valence-electron chi connectivity index (χ4n) is 4.15. The van der Waals surface area contributed by atoms with E-state index < -0.39 is 5.82 Å². The molecule has 2 aliphatic rings. The molecule has 7 heteroatoms. The summed E-state index contributed by atoms with van der Waals surface area (Å²) in [6.45, 7) is 3.75. The molecule has 3 aromatic rings. The van der Waals surface area contributed by atoms with E-state index >= 15 is 0 Å². The third-order valence-corrected chi connectivity index (χ3v) is 6.90. The summed E-state index contributed by atoms with van der Waals surface area (Å²) in [5.41, 5.74) is 3.19. The van der Waals surface area contributed by atoms with Crippen LogP contribution in [0.2, 0.25) is 5.02 Å². The molecule has 1 aromatic heterocycles. The Morgan fingerprint density at radius 3 is 2.87 bits per heavy atom. The molecule has 2 aliphatic heterocycles. The Bertz CT molecular complexity index is 1070. The van der Waals surface area contributed by atoms with Gasteiger partial charge in [-0.3, -0.25) is 4.90 Å². The van der Waals surface area contributed by atoms with E-state index in [0.29, 0.717) is 12.7 Å². The van der Waals surface area contributed by atoms with Gasteiger partial charge in [-0.2, -0.15) is 0 Å². The SMILES string of the molecule is Fc1ccc(NC2=NCN(C3CCN(Cc4ccccc4)C3)c3sccc32)cc1Cl. The van der Waals surface area contributed by atoms with Crippen molar-refractivity contribution >= 4 is 39.5 Å². The molecular formula is C23H22ClFN4S. The van der Waals surface area contributed by atoms with Gasteiger partial charge in [-0.05, 0) is 41.6 Å². The predicted octanol–water partition coefficient (Wildman–Crippen LogP) is 5.45. The zero-order valence-electron chi connectivity index (χ0n) is 16.4.